The smallest absolute Gasteiger partial charge is 0.170 e. The zero-order valence-electron chi connectivity index (χ0n) is 14.7. The molecule has 1 N–H and O–H groups in total. The number of nitrogens with one attached hydrogen (secondary N) is 1. The lowest BCUT2D eigenvalue weighted by molar-refractivity contribution is 0.0365. The van der Waals surface area contributed by atoms with Gasteiger partial charge in [0.1, 0.15) is 11.8 Å². The van der Waals surface area contributed by atoms with E-state index in [1.165, 1.54) is 0 Å². The minimum absolute atomic E-state index is 0.00163. The highest BCUT2D eigenvalue weighted by molar-refractivity contribution is 7.80. The van der Waals surface area contributed by atoms with Crippen LogP contribution in [0.4, 0.5) is 0 Å². The molecule has 0 amide bonds. The topological polar surface area (TPSA) is 53.8 Å². The van der Waals surface area contributed by atoms with E-state index in [9.17, 15) is 0 Å². The van der Waals surface area contributed by atoms with Crippen LogP contribution in [0.25, 0.3) is 0 Å². The zero-order valence-corrected chi connectivity index (χ0v) is 15.5. The number of nitrogens with zero attached hydrogens (tertiary/aromatic N) is 3. The average Bonchev–Trinajstić information content (AvgIpc) is 3.32. The molecule has 2 aromatic rings. The van der Waals surface area contributed by atoms with Crippen LogP contribution in [0.1, 0.15) is 30.0 Å². The van der Waals surface area contributed by atoms with Crippen LogP contribution in [-0.2, 0) is 4.74 Å². The summed E-state index contributed by atoms with van der Waals surface area (Å²) >= 11 is 5.65. The molecule has 2 aliphatic rings. The first-order valence-corrected chi connectivity index (χ1v) is 9.55. The van der Waals surface area contributed by atoms with E-state index in [0.29, 0.717) is 0 Å². The Balaban J connectivity index is 1.48. The number of pyridine rings is 1. The maximum absolute atomic E-state index is 5.75. The maximum Gasteiger partial charge on any atom is 0.170 e. The minimum atomic E-state index is -0.00163. The molecule has 2 aromatic heterocycles. The summed E-state index contributed by atoms with van der Waals surface area (Å²) in [6.07, 6.45) is 4.59. The molecule has 6 nitrogen and oxygen atoms in total. The summed E-state index contributed by atoms with van der Waals surface area (Å²) in [7, 11) is 0. The SMILES string of the molecule is S=C1NC(c2ccccn2)C(c2ccco2)N1CCCN1CCOCC1. The van der Waals surface area contributed by atoms with Gasteiger partial charge in [-0.3, -0.25) is 9.88 Å². The second-order valence-electron chi connectivity index (χ2n) is 6.64. The average molecular weight is 372 g/mol. The largest absolute Gasteiger partial charge is 0.467 e. The fraction of sp³-hybridized carbons (Fsp3) is 0.474. The summed E-state index contributed by atoms with van der Waals surface area (Å²) in [6.45, 7) is 5.64. The van der Waals surface area contributed by atoms with Crippen molar-refractivity contribution in [2.45, 2.75) is 18.5 Å². The van der Waals surface area contributed by atoms with Gasteiger partial charge in [0.2, 0.25) is 0 Å². The van der Waals surface area contributed by atoms with Gasteiger partial charge in [-0.1, -0.05) is 6.07 Å². The summed E-state index contributed by atoms with van der Waals surface area (Å²) in [5.41, 5.74) is 0.979. The van der Waals surface area contributed by atoms with Crippen molar-refractivity contribution in [3.8, 4) is 0 Å². The Morgan fingerprint density at radius 1 is 1.15 bits per heavy atom. The number of hydrogen-bond acceptors (Lipinski definition) is 5. The predicted octanol–water partition coefficient (Wildman–Crippen LogP) is 2.37. The van der Waals surface area contributed by atoms with Gasteiger partial charge in [-0.2, -0.15) is 0 Å². The van der Waals surface area contributed by atoms with Gasteiger partial charge in [-0.25, -0.2) is 0 Å². The van der Waals surface area contributed by atoms with E-state index in [2.05, 4.69) is 20.1 Å². The molecule has 0 aliphatic carbocycles. The van der Waals surface area contributed by atoms with Crippen molar-refractivity contribution >= 4 is 17.3 Å². The van der Waals surface area contributed by atoms with Crippen LogP contribution in [-0.4, -0.2) is 59.3 Å². The summed E-state index contributed by atoms with van der Waals surface area (Å²) < 4.78 is 11.2. The Bertz CT molecular complexity index is 704. The van der Waals surface area contributed by atoms with Crippen molar-refractivity contribution in [3.63, 3.8) is 0 Å². The number of hydrogen-bond donors (Lipinski definition) is 1. The van der Waals surface area contributed by atoms with Crippen LogP contribution in [0, 0.1) is 0 Å². The van der Waals surface area contributed by atoms with Crippen LogP contribution in [0.15, 0.2) is 47.2 Å². The molecule has 2 unspecified atom stereocenters. The quantitative estimate of drug-likeness (QED) is 0.781. The highest BCUT2D eigenvalue weighted by Crippen LogP contribution is 2.38. The molecule has 4 heterocycles. The second kappa shape index (κ2) is 8.16. The van der Waals surface area contributed by atoms with E-state index in [4.69, 9.17) is 21.4 Å². The molecule has 2 saturated heterocycles. The molecule has 4 rings (SSSR count). The maximum atomic E-state index is 5.75. The van der Waals surface area contributed by atoms with Crippen LogP contribution in [0.3, 0.4) is 0 Å². The molecule has 26 heavy (non-hydrogen) atoms. The van der Waals surface area contributed by atoms with E-state index in [-0.39, 0.29) is 12.1 Å². The van der Waals surface area contributed by atoms with Gasteiger partial charge in [-0.15, -0.1) is 0 Å². The van der Waals surface area contributed by atoms with Gasteiger partial charge in [-0.05, 0) is 42.9 Å². The predicted molar refractivity (Wildman–Crippen MR) is 103 cm³/mol. The number of furan rings is 1. The van der Waals surface area contributed by atoms with E-state index in [0.717, 1.165) is 62.4 Å². The number of rotatable bonds is 6. The molecule has 0 spiro atoms. The van der Waals surface area contributed by atoms with Crippen molar-refractivity contribution in [2.24, 2.45) is 0 Å². The van der Waals surface area contributed by atoms with Gasteiger partial charge < -0.3 is 19.4 Å². The lowest BCUT2D eigenvalue weighted by Gasteiger charge is -2.29. The van der Waals surface area contributed by atoms with Crippen molar-refractivity contribution in [3.05, 3.63) is 54.2 Å². The van der Waals surface area contributed by atoms with Crippen molar-refractivity contribution in [2.75, 3.05) is 39.4 Å². The van der Waals surface area contributed by atoms with Crippen molar-refractivity contribution < 1.29 is 9.15 Å². The standard InChI is InChI=1S/C19H24N4O2S/c26-19-21-17(15-5-1-2-7-20-15)18(16-6-3-12-25-16)23(19)9-4-8-22-10-13-24-14-11-22/h1-3,5-7,12,17-18H,4,8-11,13-14H2,(H,21,26). The molecule has 0 bridgehead atoms. The number of morpholine rings is 1. The fourth-order valence-electron chi connectivity index (χ4n) is 3.70. The molecule has 0 aromatic carbocycles. The number of thiocarbonyl (C=S) groups is 1. The Morgan fingerprint density at radius 2 is 2.04 bits per heavy atom. The van der Waals surface area contributed by atoms with E-state index >= 15 is 0 Å². The molecule has 2 fully saturated rings. The van der Waals surface area contributed by atoms with Gasteiger partial charge >= 0.3 is 0 Å². The van der Waals surface area contributed by atoms with Crippen molar-refractivity contribution in [1.29, 1.82) is 0 Å². The number of ether oxygens (including phenoxy) is 1. The first kappa shape index (κ1) is 17.5. The van der Waals surface area contributed by atoms with E-state index < -0.39 is 0 Å². The van der Waals surface area contributed by atoms with Crippen LogP contribution in [0.2, 0.25) is 0 Å². The van der Waals surface area contributed by atoms with Gasteiger partial charge in [0.25, 0.3) is 0 Å². The van der Waals surface area contributed by atoms with E-state index in [1.807, 2.05) is 36.5 Å². The van der Waals surface area contributed by atoms with Gasteiger partial charge in [0, 0.05) is 32.4 Å². The molecular weight excluding hydrogens is 348 g/mol. The van der Waals surface area contributed by atoms with Gasteiger partial charge in [0.05, 0.1) is 31.2 Å². The molecular formula is C19H24N4O2S. The van der Waals surface area contributed by atoms with Crippen molar-refractivity contribution in [1.82, 2.24) is 20.1 Å². The summed E-state index contributed by atoms with van der Waals surface area (Å²) in [5, 5.41) is 4.22. The van der Waals surface area contributed by atoms with E-state index in [1.54, 1.807) is 6.26 Å². The van der Waals surface area contributed by atoms with Crippen LogP contribution >= 0.6 is 12.2 Å². The lowest BCUT2D eigenvalue weighted by atomic mass is 10.0. The highest BCUT2D eigenvalue weighted by Gasteiger charge is 2.41. The van der Waals surface area contributed by atoms with Gasteiger partial charge in [0.15, 0.2) is 5.11 Å². The third kappa shape index (κ3) is 3.75. The summed E-state index contributed by atoms with van der Waals surface area (Å²) in [5.74, 6) is 0.916. The third-order valence-electron chi connectivity index (χ3n) is 5.01. The first-order valence-electron chi connectivity index (χ1n) is 9.14. The molecule has 138 valence electrons. The first-order chi connectivity index (χ1) is 12.8. The Hall–Kier alpha value is -1.96. The molecule has 2 aliphatic heterocycles. The molecule has 7 heteroatoms. The zero-order chi connectivity index (χ0) is 17.8. The third-order valence-corrected chi connectivity index (χ3v) is 5.36. The minimum Gasteiger partial charge on any atom is -0.467 e. The Morgan fingerprint density at radius 3 is 2.77 bits per heavy atom. The monoisotopic (exact) mass is 372 g/mol. The Labute approximate surface area is 159 Å². The highest BCUT2D eigenvalue weighted by atomic mass is 32.1. The normalized spacial score (nSPS) is 24.0. The Kier molecular flexibility index (Phi) is 5.48. The lowest BCUT2D eigenvalue weighted by Crippen LogP contribution is -2.38. The number of aromatic nitrogens is 1. The molecule has 2 atom stereocenters. The van der Waals surface area contributed by atoms with Crippen LogP contribution < -0.4 is 5.32 Å². The second-order valence-corrected chi connectivity index (χ2v) is 7.03. The molecule has 0 saturated carbocycles. The fourth-order valence-corrected chi connectivity index (χ4v) is 4.04. The van der Waals surface area contributed by atoms with Crippen LogP contribution in [0.5, 0.6) is 0 Å². The molecule has 0 radical (unpaired) electrons. The summed E-state index contributed by atoms with van der Waals surface area (Å²) in [6, 6.07) is 9.94. The summed E-state index contributed by atoms with van der Waals surface area (Å²) in [4.78, 5) is 9.23.